The third-order valence-corrected chi connectivity index (χ3v) is 3.05. The van der Waals surface area contributed by atoms with Crippen LogP contribution in [0.25, 0.3) is 11.0 Å². The number of alkyl halides is 1. The highest BCUT2D eigenvalue weighted by Gasteiger charge is 2.15. The van der Waals surface area contributed by atoms with Crippen LogP contribution in [0, 0.1) is 0 Å². The minimum atomic E-state index is -0.149. The number of hydrogen-bond acceptors (Lipinski definition) is 3. The van der Waals surface area contributed by atoms with Crippen LogP contribution in [0.1, 0.15) is 23.7 Å². The molecule has 1 unspecified atom stereocenters. The van der Waals surface area contributed by atoms with Crippen LogP contribution in [0.15, 0.2) is 41.5 Å². The zero-order valence-electron chi connectivity index (χ0n) is 9.88. The fourth-order valence-corrected chi connectivity index (χ4v) is 2.20. The number of hydrogen-bond donors (Lipinski definition) is 0. The van der Waals surface area contributed by atoms with Crippen LogP contribution in [0.2, 0.25) is 0 Å². The summed E-state index contributed by atoms with van der Waals surface area (Å²) in [5.41, 5.74) is 2.99. The van der Waals surface area contributed by atoms with Gasteiger partial charge in [0.15, 0.2) is 0 Å². The van der Waals surface area contributed by atoms with E-state index >= 15 is 0 Å². The first-order chi connectivity index (χ1) is 8.75. The fraction of sp³-hybridized carbons (Fsp3) is 0.231. The second-order valence-corrected chi connectivity index (χ2v) is 4.82. The summed E-state index contributed by atoms with van der Waals surface area (Å²) < 4.78 is 7.19. The van der Waals surface area contributed by atoms with Crippen LogP contribution in [0.4, 0.5) is 0 Å². The molecule has 92 valence electrons. The van der Waals surface area contributed by atoms with E-state index in [4.69, 9.17) is 16.0 Å². The van der Waals surface area contributed by atoms with Gasteiger partial charge in [0.05, 0.1) is 36.2 Å². The van der Waals surface area contributed by atoms with Gasteiger partial charge in [0.1, 0.15) is 11.3 Å². The maximum Gasteiger partial charge on any atom is 0.128 e. The molecule has 0 aliphatic carbocycles. The molecule has 0 aliphatic heterocycles. The predicted molar refractivity (Wildman–Crippen MR) is 69.6 cm³/mol. The van der Waals surface area contributed by atoms with Gasteiger partial charge >= 0.3 is 0 Å². The van der Waals surface area contributed by atoms with Crippen molar-refractivity contribution in [1.82, 2.24) is 14.5 Å². The van der Waals surface area contributed by atoms with Gasteiger partial charge in [-0.1, -0.05) is 0 Å². The molecular weight excluding hydrogens is 250 g/mol. The molecule has 3 aromatic heterocycles. The molecular formula is C13H12ClN3O. The number of fused-ring (bicyclic) bond motifs is 1. The second kappa shape index (κ2) is 4.46. The van der Waals surface area contributed by atoms with E-state index in [9.17, 15) is 0 Å². The molecule has 0 saturated heterocycles. The molecule has 3 heterocycles. The normalized spacial score (nSPS) is 13.0. The lowest BCUT2D eigenvalue weighted by Crippen LogP contribution is -2.05. The third kappa shape index (κ3) is 1.88. The fourth-order valence-electron chi connectivity index (χ4n) is 2.04. The summed E-state index contributed by atoms with van der Waals surface area (Å²) in [6.45, 7) is 2.62. The SMILES string of the molecule is CC(Cl)c1nc2cnccc2n1Cc1ccoc1. The summed E-state index contributed by atoms with van der Waals surface area (Å²) in [5, 5.41) is -0.149. The first-order valence-electron chi connectivity index (χ1n) is 5.71. The Hall–Kier alpha value is -1.81. The van der Waals surface area contributed by atoms with Crippen LogP contribution in [0.5, 0.6) is 0 Å². The molecule has 0 saturated carbocycles. The Labute approximate surface area is 109 Å². The molecule has 0 aliphatic rings. The highest BCUT2D eigenvalue weighted by Crippen LogP contribution is 2.25. The van der Waals surface area contributed by atoms with Crippen molar-refractivity contribution < 1.29 is 4.42 Å². The molecule has 0 spiro atoms. The Kier molecular flexibility index (Phi) is 2.80. The Bertz CT molecular complexity index is 658. The number of aromatic nitrogens is 3. The standard InChI is InChI=1S/C13H12ClN3O/c1-9(14)13-16-11-6-15-4-2-12(11)17(13)7-10-3-5-18-8-10/h2-6,8-9H,7H2,1H3. The van der Waals surface area contributed by atoms with Gasteiger partial charge in [-0.2, -0.15) is 0 Å². The van der Waals surface area contributed by atoms with Crippen molar-refractivity contribution in [2.24, 2.45) is 0 Å². The number of furan rings is 1. The summed E-state index contributed by atoms with van der Waals surface area (Å²) >= 11 is 6.19. The van der Waals surface area contributed by atoms with Gasteiger partial charge in [-0.25, -0.2) is 4.98 Å². The van der Waals surface area contributed by atoms with E-state index in [1.165, 1.54) is 0 Å². The van der Waals surface area contributed by atoms with Gasteiger partial charge in [0.2, 0.25) is 0 Å². The molecule has 4 nitrogen and oxygen atoms in total. The highest BCUT2D eigenvalue weighted by molar-refractivity contribution is 6.20. The van der Waals surface area contributed by atoms with Gasteiger partial charge in [-0.05, 0) is 19.1 Å². The lowest BCUT2D eigenvalue weighted by atomic mass is 10.3. The molecule has 1 atom stereocenters. The van der Waals surface area contributed by atoms with Crippen LogP contribution < -0.4 is 0 Å². The minimum Gasteiger partial charge on any atom is -0.472 e. The number of rotatable bonds is 3. The number of halogens is 1. The molecule has 0 amide bonds. The molecule has 18 heavy (non-hydrogen) atoms. The average molecular weight is 262 g/mol. The molecule has 3 rings (SSSR count). The molecule has 0 fully saturated rings. The first-order valence-corrected chi connectivity index (χ1v) is 6.14. The van der Waals surface area contributed by atoms with E-state index in [1.54, 1.807) is 24.9 Å². The van der Waals surface area contributed by atoms with E-state index in [1.807, 2.05) is 19.1 Å². The zero-order valence-corrected chi connectivity index (χ0v) is 10.6. The van der Waals surface area contributed by atoms with Crippen molar-refractivity contribution in [3.8, 4) is 0 Å². The number of imidazole rings is 1. The van der Waals surface area contributed by atoms with E-state index in [-0.39, 0.29) is 5.38 Å². The smallest absolute Gasteiger partial charge is 0.128 e. The minimum absolute atomic E-state index is 0.149. The molecule has 0 N–H and O–H groups in total. The number of nitrogens with zero attached hydrogens (tertiary/aromatic N) is 3. The van der Waals surface area contributed by atoms with Crippen molar-refractivity contribution in [2.75, 3.05) is 0 Å². The maximum absolute atomic E-state index is 6.19. The van der Waals surface area contributed by atoms with Gasteiger partial charge < -0.3 is 8.98 Å². The van der Waals surface area contributed by atoms with Crippen LogP contribution in [-0.2, 0) is 6.54 Å². The largest absolute Gasteiger partial charge is 0.472 e. The van der Waals surface area contributed by atoms with Crippen LogP contribution in [-0.4, -0.2) is 14.5 Å². The molecule has 0 bridgehead atoms. The van der Waals surface area contributed by atoms with E-state index < -0.39 is 0 Å². The lowest BCUT2D eigenvalue weighted by molar-refractivity contribution is 0.562. The second-order valence-electron chi connectivity index (χ2n) is 4.17. The third-order valence-electron chi connectivity index (χ3n) is 2.86. The van der Waals surface area contributed by atoms with Crippen molar-refractivity contribution in [1.29, 1.82) is 0 Å². The summed E-state index contributed by atoms with van der Waals surface area (Å²) in [6.07, 6.45) is 6.91. The summed E-state index contributed by atoms with van der Waals surface area (Å²) in [5.74, 6) is 0.848. The van der Waals surface area contributed by atoms with Crippen LogP contribution in [0.3, 0.4) is 0 Å². The van der Waals surface area contributed by atoms with E-state index in [0.29, 0.717) is 6.54 Å². The van der Waals surface area contributed by atoms with Gasteiger partial charge in [0.25, 0.3) is 0 Å². The maximum atomic E-state index is 6.19. The quantitative estimate of drug-likeness (QED) is 0.679. The van der Waals surface area contributed by atoms with Gasteiger partial charge in [-0.15, -0.1) is 11.6 Å². The Morgan fingerprint density at radius 1 is 1.44 bits per heavy atom. The number of pyridine rings is 1. The molecule has 0 aromatic carbocycles. The highest BCUT2D eigenvalue weighted by atomic mass is 35.5. The summed E-state index contributed by atoms with van der Waals surface area (Å²) in [7, 11) is 0. The van der Waals surface area contributed by atoms with Gasteiger partial charge in [-0.3, -0.25) is 4.98 Å². The lowest BCUT2D eigenvalue weighted by Gasteiger charge is -2.08. The Balaban J connectivity index is 2.15. The zero-order chi connectivity index (χ0) is 12.5. The summed E-state index contributed by atoms with van der Waals surface area (Å²) in [4.78, 5) is 8.62. The monoisotopic (exact) mass is 261 g/mol. The summed E-state index contributed by atoms with van der Waals surface area (Å²) in [6, 6.07) is 3.89. The predicted octanol–water partition coefficient (Wildman–Crippen LogP) is 3.37. The molecule has 3 aromatic rings. The van der Waals surface area contributed by atoms with E-state index in [2.05, 4.69) is 14.5 Å². The first kappa shape index (κ1) is 11.3. The van der Waals surface area contributed by atoms with Crippen molar-refractivity contribution in [3.05, 3.63) is 48.4 Å². The van der Waals surface area contributed by atoms with Gasteiger partial charge in [0, 0.05) is 11.8 Å². The van der Waals surface area contributed by atoms with Crippen molar-refractivity contribution in [2.45, 2.75) is 18.8 Å². The van der Waals surface area contributed by atoms with Crippen LogP contribution >= 0.6 is 11.6 Å². The molecule has 5 heteroatoms. The topological polar surface area (TPSA) is 43.9 Å². The van der Waals surface area contributed by atoms with Crippen molar-refractivity contribution in [3.63, 3.8) is 0 Å². The molecule has 0 radical (unpaired) electrons. The van der Waals surface area contributed by atoms with Crippen molar-refractivity contribution >= 4 is 22.6 Å². The Morgan fingerprint density at radius 2 is 2.33 bits per heavy atom. The van der Waals surface area contributed by atoms with E-state index in [0.717, 1.165) is 22.4 Å². The Morgan fingerprint density at radius 3 is 3.06 bits per heavy atom. The average Bonchev–Trinajstić information content (AvgIpc) is 2.98.